The molecule has 2 aromatic rings. The number of amides is 2. The minimum atomic E-state index is -0.150. The van der Waals surface area contributed by atoms with Crippen LogP contribution in [0, 0.1) is 0 Å². The summed E-state index contributed by atoms with van der Waals surface area (Å²) in [4.78, 5) is 24.2. The van der Waals surface area contributed by atoms with E-state index in [4.69, 9.17) is 11.6 Å². The molecule has 0 heterocycles. The van der Waals surface area contributed by atoms with Crippen LogP contribution in [-0.4, -0.2) is 24.4 Å². The van der Waals surface area contributed by atoms with Crippen molar-refractivity contribution in [3.63, 3.8) is 0 Å². The van der Waals surface area contributed by atoms with Crippen LogP contribution < -0.4 is 10.6 Å². The van der Waals surface area contributed by atoms with Crippen molar-refractivity contribution in [3.05, 3.63) is 70.2 Å². The Morgan fingerprint density at radius 3 is 2.08 bits per heavy atom. The van der Waals surface area contributed by atoms with Gasteiger partial charge in [0.05, 0.1) is 0 Å². The van der Waals surface area contributed by atoms with E-state index in [2.05, 4.69) is 10.6 Å². The van der Waals surface area contributed by atoms with Crippen LogP contribution in [0.3, 0.4) is 0 Å². The molecule has 25 heavy (non-hydrogen) atoms. The molecule has 4 nitrogen and oxygen atoms in total. The van der Waals surface area contributed by atoms with Crippen LogP contribution in [0.1, 0.15) is 46.5 Å². The standard InChI is InChI=1S/C20H23ClN2O2/c1-3-14(2)23-20(25)17-8-6-16(7-9-17)19(24)22-13-12-15-4-10-18(21)11-5-15/h4-11,14H,3,12-13H2,1-2H3,(H,22,24)(H,23,25). The van der Waals surface area contributed by atoms with Crippen LogP contribution in [0.4, 0.5) is 0 Å². The maximum atomic E-state index is 12.2. The van der Waals surface area contributed by atoms with Gasteiger partial charge >= 0.3 is 0 Å². The molecule has 2 aromatic carbocycles. The zero-order valence-corrected chi connectivity index (χ0v) is 15.3. The van der Waals surface area contributed by atoms with Gasteiger partial charge in [-0.2, -0.15) is 0 Å². The summed E-state index contributed by atoms with van der Waals surface area (Å²) < 4.78 is 0. The first-order valence-electron chi connectivity index (χ1n) is 8.43. The van der Waals surface area contributed by atoms with Crippen molar-refractivity contribution in [2.24, 2.45) is 0 Å². The van der Waals surface area contributed by atoms with Crippen LogP contribution in [0.2, 0.25) is 5.02 Å². The first kappa shape index (κ1) is 19.0. The van der Waals surface area contributed by atoms with Gasteiger partial charge in [0.15, 0.2) is 0 Å². The summed E-state index contributed by atoms with van der Waals surface area (Å²) in [5, 5.41) is 6.48. The van der Waals surface area contributed by atoms with E-state index < -0.39 is 0 Å². The Labute approximate surface area is 153 Å². The molecule has 1 unspecified atom stereocenters. The molecule has 132 valence electrons. The summed E-state index contributed by atoms with van der Waals surface area (Å²) >= 11 is 5.85. The van der Waals surface area contributed by atoms with Crippen LogP contribution in [-0.2, 0) is 6.42 Å². The average molecular weight is 359 g/mol. The molecule has 0 aliphatic carbocycles. The van der Waals surface area contributed by atoms with Gasteiger partial charge in [0.2, 0.25) is 0 Å². The third kappa shape index (κ3) is 5.91. The van der Waals surface area contributed by atoms with Crippen LogP contribution >= 0.6 is 11.6 Å². The smallest absolute Gasteiger partial charge is 0.251 e. The fourth-order valence-electron chi connectivity index (χ4n) is 2.26. The Morgan fingerprint density at radius 1 is 0.960 bits per heavy atom. The molecule has 0 aliphatic heterocycles. The Kier molecular flexibility index (Phi) is 7.02. The summed E-state index contributed by atoms with van der Waals surface area (Å²) in [6.07, 6.45) is 1.61. The summed E-state index contributed by atoms with van der Waals surface area (Å²) in [5.74, 6) is -0.271. The van der Waals surface area contributed by atoms with E-state index in [1.807, 2.05) is 38.1 Å². The maximum Gasteiger partial charge on any atom is 0.251 e. The minimum absolute atomic E-state index is 0.121. The lowest BCUT2D eigenvalue weighted by atomic mass is 10.1. The highest BCUT2D eigenvalue weighted by Crippen LogP contribution is 2.10. The molecule has 1 atom stereocenters. The summed E-state index contributed by atoms with van der Waals surface area (Å²) in [6.45, 7) is 4.51. The molecule has 2 rings (SSSR count). The third-order valence-corrected chi connectivity index (χ3v) is 4.26. The largest absolute Gasteiger partial charge is 0.352 e. The van der Waals surface area contributed by atoms with E-state index in [1.54, 1.807) is 24.3 Å². The summed E-state index contributed by atoms with van der Waals surface area (Å²) in [6, 6.07) is 14.4. The second-order valence-corrected chi connectivity index (χ2v) is 6.43. The zero-order chi connectivity index (χ0) is 18.2. The third-order valence-electron chi connectivity index (χ3n) is 4.01. The number of halogens is 1. The number of hydrogen-bond acceptors (Lipinski definition) is 2. The number of carbonyl (C=O) groups is 2. The van der Waals surface area contributed by atoms with Crippen molar-refractivity contribution in [3.8, 4) is 0 Å². The molecule has 0 aromatic heterocycles. The lowest BCUT2D eigenvalue weighted by Crippen LogP contribution is -2.32. The summed E-state index contributed by atoms with van der Waals surface area (Å²) in [7, 11) is 0. The molecule has 0 saturated carbocycles. The molecular weight excluding hydrogens is 336 g/mol. The van der Waals surface area contributed by atoms with Crippen molar-refractivity contribution in [1.82, 2.24) is 10.6 Å². The Bertz CT molecular complexity index is 711. The van der Waals surface area contributed by atoms with Gasteiger partial charge in [0.25, 0.3) is 11.8 Å². The minimum Gasteiger partial charge on any atom is -0.352 e. The monoisotopic (exact) mass is 358 g/mol. The van der Waals surface area contributed by atoms with Crippen molar-refractivity contribution >= 4 is 23.4 Å². The first-order valence-corrected chi connectivity index (χ1v) is 8.81. The van der Waals surface area contributed by atoms with E-state index in [9.17, 15) is 9.59 Å². The number of carbonyl (C=O) groups excluding carboxylic acids is 2. The van der Waals surface area contributed by atoms with Crippen molar-refractivity contribution in [2.45, 2.75) is 32.7 Å². The van der Waals surface area contributed by atoms with E-state index in [0.29, 0.717) is 22.7 Å². The molecule has 2 N–H and O–H groups in total. The lowest BCUT2D eigenvalue weighted by molar-refractivity contribution is 0.0932. The van der Waals surface area contributed by atoms with Gasteiger partial charge in [0.1, 0.15) is 0 Å². The number of benzene rings is 2. The second-order valence-electron chi connectivity index (χ2n) is 5.99. The molecule has 0 bridgehead atoms. The fourth-order valence-corrected chi connectivity index (χ4v) is 2.38. The quantitative estimate of drug-likeness (QED) is 0.790. The lowest BCUT2D eigenvalue weighted by Gasteiger charge is -2.11. The Morgan fingerprint density at radius 2 is 1.52 bits per heavy atom. The molecule has 0 radical (unpaired) electrons. The average Bonchev–Trinajstić information content (AvgIpc) is 2.63. The normalized spacial score (nSPS) is 11.6. The Balaban J connectivity index is 1.85. The number of nitrogens with one attached hydrogen (secondary N) is 2. The van der Waals surface area contributed by atoms with Gasteiger partial charge in [-0.15, -0.1) is 0 Å². The van der Waals surface area contributed by atoms with E-state index in [0.717, 1.165) is 18.4 Å². The van der Waals surface area contributed by atoms with Gasteiger partial charge < -0.3 is 10.6 Å². The summed E-state index contributed by atoms with van der Waals surface area (Å²) in [5.41, 5.74) is 2.20. The zero-order valence-electron chi connectivity index (χ0n) is 14.5. The predicted molar refractivity (Wildman–Crippen MR) is 101 cm³/mol. The molecule has 0 spiro atoms. The molecule has 0 fully saturated rings. The molecule has 0 saturated heterocycles. The van der Waals surface area contributed by atoms with Crippen LogP contribution in [0.15, 0.2) is 48.5 Å². The van der Waals surface area contributed by atoms with Gasteiger partial charge in [0, 0.05) is 28.7 Å². The number of hydrogen-bond donors (Lipinski definition) is 2. The van der Waals surface area contributed by atoms with E-state index in [-0.39, 0.29) is 17.9 Å². The predicted octanol–water partition coefficient (Wildman–Crippen LogP) is 3.84. The SMILES string of the molecule is CCC(C)NC(=O)c1ccc(C(=O)NCCc2ccc(Cl)cc2)cc1. The molecular formula is C20H23ClN2O2. The fraction of sp³-hybridized carbons (Fsp3) is 0.300. The highest BCUT2D eigenvalue weighted by molar-refractivity contribution is 6.30. The topological polar surface area (TPSA) is 58.2 Å². The first-order chi connectivity index (χ1) is 12.0. The van der Waals surface area contributed by atoms with Gasteiger partial charge in [-0.3, -0.25) is 9.59 Å². The number of rotatable bonds is 7. The highest BCUT2D eigenvalue weighted by Gasteiger charge is 2.10. The second kappa shape index (κ2) is 9.23. The molecule has 2 amide bonds. The van der Waals surface area contributed by atoms with Crippen molar-refractivity contribution < 1.29 is 9.59 Å². The van der Waals surface area contributed by atoms with Crippen LogP contribution in [0.25, 0.3) is 0 Å². The van der Waals surface area contributed by atoms with Crippen molar-refractivity contribution in [2.75, 3.05) is 6.54 Å². The van der Waals surface area contributed by atoms with Crippen LogP contribution in [0.5, 0.6) is 0 Å². The van der Waals surface area contributed by atoms with E-state index in [1.165, 1.54) is 0 Å². The molecule has 5 heteroatoms. The van der Waals surface area contributed by atoms with Gasteiger partial charge in [-0.25, -0.2) is 0 Å². The highest BCUT2D eigenvalue weighted by atomic mass is 35.5. The van der Waals surface area contributed by atoms with E-state index >= 15 is 0 Å². The van der Waals surface area contributed by atoms with Crippen molar-refractivity contribution in [1.29, 1.82) is 0 Å². The Hall–Kier alpha value is -2.33. The molecule has 0 aliphatic rings. The van der Waals surface area contributed by atoms with Gasteiger partial charge in [-0.1, -0.05) is 30.7 Å². The van der Waals surface area contributed by atoms with Gasteiger partial charge in [-0.05, 0) is 61.7 Å². The maximum absolute atomic E-state index is 12.2.